The molecule has 0 N–H and O–H groups in total. The average molecular weight is 482 g/mol. The third kappa shape index (κ3) is 4.92. The molecule has 2 aromatic rings. The van der Waals surface area contributed by atoms with Crippen LogP contribution in [0.1, 0.15) is 55.2 Å². The Hall–Kier alpha value is -2.45. The number of alkyl halides is 3. The molecule has 2 fully saturated rings. The van der Waals surface area contributed by atoms with Gasteiger partial charge >= 0.3 is 6.18 Å². The number of ether oxygens (including phenoxy) is 2. The molecule has 9 heteroatoms. The third-order valence-corrected chi connectivity index (χ3v) is 6.65. The van der Waals surface area contributed by atoms with E-state index in [0.717, 1.165) is 17.8 Å². The van der Waals surface area contributed by atoms with Crippen molar-refractivity contribution >= 4 is 23.2 Å². The Morgan fingerprint density at radius 3 is 2.42 bits per heavy atom. The van der Waals surface area contributed by atoms with Gasteiger partial charge in [0.1, 0.15) is 28.8 Å². The van der Waals surface area contributed by atoms with Crippen molar-refractivity contribution in [2.24, 2.45) is 5.41 Å². The first-order chi connectivity index (χ1) is 15.6. The van der Waals surface area contributed by atoms with E-state index in [1.165, 1.54) is 12.1 Å². The first-order valence-corrected chi connectivity index (χ1v) is 11.2. The lowest BCUT2D eigenvalue weighted by Crippen LogP contribution is -2.42. The van der Waals surface area contributed by atoms with E-state index >= 15 is 0 Å². The van der Waals surface area contributed by atoms with Crippen LogP contribution in [0.2, 0.25) is 5.02 Å². The fourth-order valence-corrected chi connectivity index (χ4v) is 4.90. The zero-order valence-corrected chi connectivity index (χ0v) is 18.8. The molecule has 0 atom stereocenters. The summed E-state index contributed by atoms with van der Waals surface area (Å²) in [7, 11) is 0. The van der Waals surface area contributed by atoms with Crippen LogP contribution in [0.3, 0.4) is 0 Å². The number of halogens is 4. The Morgan fingerprint density at radius 1 is 1.15 bits per heavy atom. The molecular weight excluding hydrogens is 459 g/mol. The molecule has 0 bridgehead atoms. The highest BCUT2D eigenvalue weighted by atomic mass is 35.5. The summed E-state index contributed by atoms with van der Waals surface area (Å²) in [4.78, 5) is 30.0. The summed E-state index contributed by atoms with van der Waals surface area (Å²) in [5.74, 6) is -1.86. The van der Waals surface area contributed by atoms with Gasteiger partial charge in [-0.05, 0) is 54.0 Å². The van der Waals surface area contributed by atoms with Gasteiger partial charge in [-0.3, -0.25) is 9.59 Å². The largest absolute Gasteiger partial charge is 0.438 e. The van der Waals surface area contributed by atoms with Gasteiger partial charge in [-0.25, -0.2) is 4.98 Å². The SMILES string of the molecule is CCc1ccc(Oc2ncc(Cl)cc2C(F)(F)F)cc1C1C(=O)CC2(CCOCC2)CC1=O. The molecule has 1 aromatic heterocycles. The second-order valence-corrected chi connectivity index (χ2v) is 9.09. The van der Waals surface area contributed by atoms with Crippen LogP contribution in [-0.2, 0) is 26.9 Å². The van der Waals surface area contributed by atoms with E-state index < -0.39 is 23.5 Å². The van der Waals surface area contributed by atoms with E-state index in [1.807, 2.05) is 6.92 Å². The molecule has 33 heavy (non-hydrogen) atoms. The summed E-state index contributed by atoms with van der Waals surface area (Å²) in [6.07, 6.45) is -1.18. The van der Waals surface area contributed by atoms with E-state index in [9.17, 15) is 22.8 Å². The molecule has 1 saturated heterocycles. The maximum atomic E-state index is 13.4. The highest BCUT2D eigenvalue weighted by Gasteiger charge is 2.46. The number of benzene rings is 1. The number of carbonyl (C=O) groups excluding carboxylic acids is 2. The van der Waals surface area contributed by atoms with Gasteiger partial charge in [0.15, 0.2) is 0 Å². The van der Waals surface area contributed by atoms with Crippen LogP contribution in [0.15, 0.2) is 30.5 Å². The monoisotopic (exact) mass is 481 g/mol. The van der Waals surface area contributed by atoms with Crippen molar-refractivity contribution in [1.82, 2.24) is 4.98 Å². The smallest absolute Gasteiger partial charge is 0.421 e. The van der Waals surface area contributed by atoms with Crippen LogP contribution >= 0.6 is 11.6 Å². The number of hydrogen-bond acceptors (Lipinski definition) is 5. The molecule has 4 rings (SSSR count). The molecule has 1 aliphatic heterocycles. The molecule has 0 radical (unpaired) electrons. The van der Waals surface area contributed by atoms with Crippen LogP contribution in [0, 0.1) is 5.41 Å². The van der Waals surface area contributed by atoms with Gasteiger partial charge in [0.05, 0.1) is 5.02 Å². The summed E-state index contributed by atoms with van der Waals surface area (Å²) in [6.45, 7) is 2.95. The normalized spacial score (nSPS) is 19.2. The maximum absolute atomic E-state index is 13.4. The van der Waals surface area contributed by atoms with Crippen molar-refractivity contribution < 1.29 is 32.2 Å². The van der Waals surface area contributed by atoms with Gasteiger partial charge in [-0.15, -0.1) is 0 Å². The lowest BCUT2D eigenvalue weighted by atomic mass is 9.63. The second-order valence-electron chi connectivity index (χ2n) is 8.65. The van der Waals surface area contributed by atoms with Crippen molar-refractivity contribution in [2.45, 2.75) is 51.1 Å². The Labute approximate surface area is 194 Å². The fraction of sp³-hybridized carbons (Fsp3) is 0.458. The number of ketones is 2. The minimum atomic E-state index is -4.72. The highest BCUT2D eigenvalue weighted by molar-refractivity contribution is 6.30. The van der Waals surface area contributed by atoms with E-state index in [1.54, 1.807) is 6.07 Å². The van der Waals surface area contributed by atoms with E-state index in [2.05, 4.69) is 4.98 Å². The van der Waals surface area contributed by atoms with Crippen molar-refractivity contribution in [3.63, 3.8) is 0 Å². The maximum Gasteiger partial charge on any atom is 0.421 e. The van der Waals surface area contributed by atoms with Crippen molar-refractivity contribution in [3.05, 3.63) is 52.2 Å². The van der Waals surface area contributed by atoms with Crippen molar-refractivity contribution in [2.75, 3.05) is 13.2 Å². The lowest BCUT2D eigenvalue weighted by Gasteiger charge is -2.41. The zero-order chi connectivity index (χ0) is 23.8. The van der Waals surface area contributed by atoms with Gasteiger partial charge < -0.3 is 9.47 Å². The van der Waals surface area contributed by atoms with Gasteiger partial charge in [-0.1, -0.05) is 24.6 Å². The molecule has 2 aliphatic rings. The number of carbonyl (C=O) groups is 2. The molecule has 1 aliphatic carbocycles. The summed E-state index contributed by atoms with van der Waals surface area (Å²) >= 11 is 5.68. The van der Waals surface area contributed by atoms with Gasteiger partial charge in [-0.2, -0.15) is 13.2 Å². The van der Waals surface area contributed by atoms with Gasteiger partial charge in [0.25, 0.3) is 0 Å². The number of aryl methyl sites for hydroxylation is 1. The highest BCUT2D eigenvalue weighted by Crippen LogP contribution is 2.46. The van der Waals surface area contributed by atoms with E-state index in [0.29, 0.717) is 38.0 Å². The third-order valence-electron chi connectivity index (χ3n) is 6.44. The fourth-order valence-electron chi connectivity index (χ4n) is 4.74. The Bertz CT molecular complexity index is 1060. The number of hydrogen-bond donors (Lipinski definition) is 0. The second kappa shape index (κ2) is 9.06. The lowest BCUT2D eigenvalue weighted by molar-refractivity contribution is -0.140. The Kier molecular flexibility index (Phi) is 6.51. The van der Waals surface area contributed by atoms with Crippen LogP contribution in [0.25, 0.3) is 0 Å². The van der Waals surface area contributed by atoms with E-state index in [-0.39, 0.29) is 40.6 Å². The quantitative estimate of drug-likeness (QED) is 0.507. The van der Waals surface area contributed by atoms with Crippen molar-refractivity contribution in [3.8, 4) is 11.6 Å². The summed E-state index contributed by atoms with van der Waals surface area (Å²) in [6, 6.07) is 5.41. The first kappa shape index (κ1) is 23.7. The summed E-state index contributed by atoms with van der Waals surface area (Å²) in [5, 5.41) is -0.169. The Morgan fingerprint density at radius 2 is 1.82 bits per heavy atom. The molecule has 2 heterocycles. The number of Topliss-reactive ketones (excluding diaryl/α,β-unsaturated/α-hetero) is 2. The number of pyridine rings is 1. The van der Waals surface area contributed by atoms with Crippen LogP contribution in [-0.4, -0.2) is 29.8 Å². The molecule has 5 nitrogen and oxygen atoms in total. The standard InChI is InChI=1S/C24H23ClF3NO4/c1-2-14-3-4-16(33-22-18(24(26,27)28)9-15(25)13-29-22)10-17(14)21-19(30)11-23(12-20(21)31)5-7-32-8-6-23/h3-4,9-10,13,21H,2,5-8,11-12H2,1H3. The first-order valence-electron chi connectivity index (χ1n) is 10.8. The summed E-state index contributed by atoms with van der Waals surface area (Å²) < 4.78 is 51.1. The predicted octanol–water partition coefficient (Wildman–Crippen LogP) is 5.92. The molecule has 0 amide bonds. The van der Waals surface area contributed by atoms with Crippen molar-refractivity contribution in [1.29, 1.82) is 0 Å². The van der Waals surface area contributed by atoms with Gasteiger partial charge in [0.2, 0.25) is 5.88 Å². The van der Waals surface area contributed by atoms with Crippen LogP contribution in [0.4, 0.5) is 13.2 Å². The number of rotatable bonds is 4. The zero-order valence-electron chi connectivity index (χ0n) is 18.0. The average Bonchev–Trinajstić information content (AvgIpc) is 2.74. The predicted molar refractivity (Wildman–Crippen MR) is 115 cm³/mol. The minimum absolute atomic E-state index is 0.0643. The Balaban J connectivity index is 1.66. The van der Waals surface area contributed by atoms with Crippen LogP contribution < -0.4 is 4.74 Å². The molecule has 1 aromatic carbocycles. The number of nitrogens with zero attached hydrogens (tertiary/aromatic N) is 1. The van der Waals surface area contributed by atoms with Gasteiger partial charge in [0, 0.05) is 32.3 Å². The molecule has 1 saturated carbocycles. The molecule has 1 spiro atoms. The van der Waals surface area contributed by atoms with Crippen LogP contribution in [0.5, 0.6) is 11.6 Å². The minimum Gasteiger partial charge on any atom is -0.438 e. The van der Waals surface area contributed by atoms with E-state index in [4.69, 9.17) is 21.1 Å². The summed E-state index contributed by atoms with van der Waals surface area (Å²) in [5.41, 5.74) is -0.202. The number of aromatic nitrogens is 1. The molecule has 0 unspecified atom stereocenters. The topological polar surface area (TPSA) is 65.5 Å². The molecular formula is C24H23ClF3NO4. The molecule has 176 valence electrons.